The fourth-order valence-electron chi connectivity index (χ4n) is 2.55. The summed E-state index contributed by atoms with van der Waals surface area (Å²) in [4.78, 5) is 24.4. The molecule has 2 aromatic rings. The number of amides is 2. The van der Waals surface area contributed by atoms with E-state index in [2.05, 4.69) is 15.4 Å². The number of carbonyl (C=O) groups is 2. The predicted octanol–water partition coefficient (Wildman–Crippen LogP) is 2.64. The molecule has 28 heavy (non-hydrogen) atoms. The van der Waals surface area contributed by atoms with E-state index in [0.717, 1.165) is 12.8 Å². The van der Waals surface area contributed by atoms with E-state index in [4.69, 9.17) is 11.6 Å². The average Bonchev–Trinajstić information content (AvgIpc) is 3.52. The van der Waals surface area contributed by atoms with Crippen molar-refractivity contribution in [2.75, 3.05) is 18.9 Å². The first-order valence-corrected chi connectivity index (χ1v) is 10.6. The van der Waals surface area contributed by atoms with Gasteiger partial charge in [-0.2, -0.15) is 0 Å². The summed E-state index contributed by atoms with van der Waals surface area (Å²) in [6.07, 6.45) is 2.06. The molecular weight excluding hydrogens is 402 g/mol. The van der Waals surface area contributed by atoms with Gasteiger partial charge in [-0.1, -0.05) is 17.7 Å². The SMILES string of the molecule is CNC(=O)c1cc(NC(=O)c2cccc(S(=O)(=O)NCC3CC3)c2)ccc1Cl. The minimum Gasteiger partial charge on any atom is -0.355 e. The summed E-state index contributed by atoms with van der Waals surface area (Å²) in [5.74, 6) is -0.471. The zero-order valence-electron chi connectivity index (χ0n) is 15.2. The first kappa shape index (κ1) is 20.3. The fraction of sp³-hybridized carbons (Fsp3) is 0.263. The van der Waals surface area contributed by atoms with E-state index in [-0.39, 0.29) is 27.0 Å². The first-order chi connectivity index (χ1) is 13.3. The lowest BCUT2D eigenvalue weighted by Crippen LogP contribution is -2.26. The van der Waals surface area contributed by atoms with Gasteiger partial charge in [0.05, 0.1) is 15.5 Å². The molecule has 0 heterocycles. The monoisotopic (exact) mass is 421 g/mol. The normalized spacial score (nSPS) is 13.8. The molecule has 1 aliphatic carbocycles. The van der Waals surface area contributed by atoms with Gasteiger partial charge < -0.3 is 10.6 Å². The lowest BCUT2D eigenvalue weighted by molar-refractivity contribution is 0.0961. The molecule has 0 spiro atoms. The maximum atomic E-state index is 12.5. The Labute approximate surface area is 168 Å². The molecule has 3 N–H and O–H groups in total. The highest BCUT2D eigenvalue weighted by Crippen LogP contribution is 2.28. The summed E-state index contributed by atoms with van der Waals surface area (Å²) in [5, 5.41) is 5.38. The molecule has 0 radical (unpaired) electrons. The number of halogens is 1. The molecule has 148 valence electrons. The van der Waals surface area contributed by atoms with Crippen molar-refractivity contribution in [2.24, 2.45) is 5.92 Å². The third-order valence-electron chi connectivity index (χ3n) is 4.36. The van der Waals surface area contributed by atoms with Crippen molar-refractivity contribution in [1.29, 1.82) is 0 Å². The number of hydrogen-bond acceptors (Lipinski definition) is 4. The third-order valence-corrected chi connectivity index (χ3v) is 6.11. The second kappa shape index (κ2) is 8.30. The van der Waals surface area contributed by atoms with E-state index in [1.807, 2.05) is 0 Å². The second-order valence-electron chi connectivity index (χ2n) is 6.55. The number of hydrogen-bond donors (Lipinski definition) is 3. The standard InChI is InChI=1S/C19H20ClN3O4S/c1-21-19(25)16-10-14(7-8-17(16)20)23-18(24)13-3-2-4-15(9-13)28(26,27)22-11-12-5-6-12/h2-4,7-10,12,22H,5-6,11H2,1H3,(H,21,25)(H,23,24). The largest absolute Gasteiger partial charge is 0.355 e. The van der Waals surface area contributed by atoms with Crippen LogP contribution in [0.1, 0.15) is 33.6 Å². The van der Waals surface area contributed by atoms with Crippen molar-refractivity contribution < 1.29 is 18.0 Å². The summed E-state index contributed by atoms with van der Waals surface area (Å²) in [5.41, 5.74) is 0.779. The van der Waals surface area contributed by atoms with Crippen LogP contribution in [0.4, 0.5) is 5.69 Å². The summed E-state index contributed by atoms with van der Waals surface area (Å²) < 4.78 is 27.3. The van der Waals surface area contributed by atoms with Crippen LogP contribution in [-0.2, 0) is 10.0 Å². The van der Waals surface area contributed by atoms with Crippen LogP contribution in [0.2, 0.25) is 5.02 Å². The van der Waals surface area contributed by atoms with Gasteiger partial charge in [-0.15, -0.1) is 0 Å². The van der Waals surface area contributed by atoms with Gasteiger partial charge in [-0.05, 0) is 55.2 Å². The molecule has 2 aromatic carbocycles. The Morgan fingerprint density at radius 1 is 1.11 bits per heavy atom. The second-order valence-corrected chi connectivity index (χ2v) is 8.73. The molecule has 1 fully saturated rings. The van der Waals surface area contributed by atoms with Gasteiger partial charge in [0.25, 0.3) is 11.8 Å². The van der Waals surface area contributed by atoms with E-state index in [0.29, 0.717) is 18.2 Å². The van der Waals surface area contributed by atoms with Gasteiger partial charge in [0.2, 0.25) is 10.0 Å². The fourth-order valence-corrected chi connectivity index (χ4v) is 3.92. The molecule has 3 rings (SSSR count). The Balaban J connectivity index is 1.77. The van der Waals surface area contributed by atoms with Crippen LogP contribution in [0, 0.1) is 5.92 Å². The van der Waals surface area contributed by atoms with Crippen LogP contribution in [0.15, 0.2) is 47.4 Å². The summed E-state index contributed by atoms with van der Waals surface area (Å²) in [7, 11) is -2.19. The van der Waals surface area contributed by atoms with Crippen molar-refractivity contribution in [3.05, 3.63) is 58.6 Å². The smallest absolute Gasteiger partial charge is 0.255 e. The summed E-state index contributed by atoms with van der Waals surface area (Å²) >= 11 is 6.00. The number of benzene rings is 2. The molecule has 0 bridgehead atoms. The van der Waals surface area contributed by atoms with Gasteiger partial charge in [0.15, 0.2) is 0 Å². The molecule has 0 atom stereocenters. The lowest BCUT2D eigenvalue weighted by atomic mass is 10.1. The molecule has 9 heteroatoms. The Bertz CT molecular complexity index is 1020. The van der Waals surface area contributed by atoms with Crippen molar-refractivity contribution in [3.63, 3.8) is 0 Å². The number of carbonyl (C=O) groups excluding carboxylic acids is 2. The maximum Gasteiger partial charge on any atom is 0.255 e. The molecule has 0 aromatic heterocycles. The number of nitrogens with one attached hydrogen (secondary N) is 3. The molecule has 1 saturated carbocycles. The Kier molecular flexibility index (Phi) is 6.02. The molecule has 2 amide bonds. The zero-order valence-corrected chi connectivity index (χ0v) is 16.7. The molecule has 0 saturated heterocycles. The van der Waals surface area contributed by atoms with E-state index >= 15 is 0 Å². The summed E-state index contributed by atoms with van der Waals surface area (Å²) in [6, 6.07) is 10.3. The van der Waals surface area contributed by atoms with Crippen LogP contribution >= 0.6 is 11.6 Å². The van der Waals surface area contributed by atoms with Gasteiger partial charge in [-0.25, -0.2) is 13.1 Å². The lowest BCUT2D eigenvalue weighted by Gasteiger charge is -2.10. The predicted molar refractivity (Wildman–Crippen MR) is 107 cm³/mol. The van der Waals surface area contributed by atoms with Gasteiger partial charge >= 0.3 is 0 Å². The van der Waals surface area contributed by atoms with E-state index in [1.54, 1.807) is 6.07 Å². The average molecular weight is 422 g/mol. The molecule has 0 unspecified atom stereocenters. The Morgan fingerprint density at radius 3 is 2.54 bits per heavy atom. The number of anilines is 1. The van der Waals surface area contributed by atoms with Crippen LogP contribution in [0.3, 0.4) is 0 Å². The van der Waals surface area contributed by atoms with Crippen LogP contribution in [-0.4, -0.2) is 33.8 Å². The maximum absolute atomic E-state index is 12.5. The molecular formula is C19H20ClN3O4S. The number of rotatable bonds is 7. The third kappa shape index (κ3) is 4.89. The Morgan fingerprint density at radius 2 is 1.86 bits per heavy atom. The molecule has 7 nitrogen and oxygen atoms in total. The molecule has 0 aliphatic heterocycles. The van der Waals surface area contributed by atoms with Crippen molar-refractivity contribution in [3.8, 4) is 0 Å². The highest BCUT2D eigenvalue weighted by molar-refractivity contribution is 7.89. The van der Waals surface area contributed by atoms with Gasteiger partial charge in [0.1, 0.15) is 0 Å². The number of sulfonamides is 1. The van der Waals surface area contributed by atoms with Crippen molar-refractivity contribution in [2.45, 2.75) is 17.7 Å². The van der Waals surface area contributed by atoms with Gasteiger partial charge in [-0.3, -0.25) is 9.59 Å². The van der Waals surface area contributed by atoms with E-state index < -0.39 is 15.9 Å². The zero-order chi connectivity index (χ0) is 20.3. The van der Waals surface area contributed by atoms with Crippen LogP contribution in [0.5, 0.6) is 0 Å². The van der Waals surface area contributed by atoms with Crippen molar-refractivity contribution >= 4 is 39.1 Å². The molecule has 1 aliphatic rings. The summed E-state index contributed by atoms with van der Waals surface area (Å²) in [6.45, 7) is 0.409. The quantitative estimate of drug-likeness (QED) is 0.639. The van der Waals surface area contributed by atoms with E-state index in [1.165, 1.54) is 43.4 Å². The van der Waals surface area contributed by atoms with Gasteiger partial charge in [0, 0.05) is 24.8 Å². The topological polar surface area (TPSA) is 104 Å². The first-order valence-electron chi connectivity index (χ1n) is 8.73. The highest BCUT2D eigenvalue weighted by atomic mass is 35.5. The van der Waals surface area contributed by atoms with Crippen molar-refractivity contribution in [1.82, 2.24) is 10.0 Å². The minimum atomic E-state index is -3.67. The van der Waals surface area contributed by atoms with Crippen LogP contribution < -0.4 is 15.4 Å². The minimum absolute atomic E-state index is 0.0305. The van der Waals surface area contributed by atoms with Crippen LogP contribution in [0.25, 0.3) is 0 Å². The van der Waals surface area contributed by atoms with E-state index in [9.17, 15) is 18.0 Å². The highest BCUT2D eigenvalue weighted by Gasteiger charge is 2.24. The Hall–Kier alpha value is -2.42.